The number of rotatable bonds is 7. The number of halogens is 5. The van der Waals surface area contributed by atoms with Gasteiger partial charge in [0.15, 0.2) is 28.2 Å². The zero-order valence-electron chi connectivity index (χ0n) is 43.3. The van der Waals surface area contributed by atoms with Crippen molar-refractivity contribution in [2.75, 3.05) is 35.2 Å². The monoisotopic (exact) mass is 1400 g/mol. The Labute approximate surface area is 568 Å². The molecular formula is C44H69Cl4IN5Na3O17S4. The van der Waals surface area contributed by atoms with Crippen molar-refractivity contribution < 1.29 is 148 Å². The molecule has 0 saturated carbocycles. The van der Waals surface area contributed by atoms with Gasteiger partial charge in [-0.2, -0.15) is 11.0 Å². The van der Waals surface area contributed by atoms with Crippen LogP contribution in [-0.2, 0) is 78.0 Å². The fraction of sp³-hybridized carbons (Fsp3) is 0.318. The molecule has 0 saturated heterocycles. The minimum absolute atomic E-state index is 0. The quantitative estimate of drug-likeness (QED) is 0.0281. The molecule has 0 aliphatic rings. The van der Waals surface area contributed by atoms with E-state index in [9.17, 15) is 21.4 Å². The Balaban J connectivity index is -0.0000000495. The van der Waals surface area contributed by atoms with Crippen LogP contribution >= 0.6 is 67.6 Å². The fourth-order valence-electron chi connectivity index (χ4n) is 3.55. The summed E-state index contributed by atoms with van der Waals surface area (Å²) in [5.41, 5.74) is 9.74. The van der Waals surface area contributed by atoms with Crippen LogP contribution in [0, 0.1) is 40.5 Å². The van der Waals surface area contributed by atoms with Crippen LogP contribution in [0.5, 0.6) is 0 Å². The summed E-state index contributed by atoms with van der Waals surface area (Å²) in [5.74, 6) is 0.0874. The van der Waals surface area contributed by atoms with Gasteiger partial charge in [-0.05, 0) is 47.7 Å². The third kappa shape index (κ3) is 135. The Bertz CT molecular complexity index is 2170. The van der Waals surface area contributed by atoms with Gasteiger partial charge < -0.3 is 23.3 Å². The van der Waals surface area contributed by atoms with Crippen LogP contribution in [0.3, 0.4) is 0 Å². The molecule has 0 radical (unpaired) electrons. The summed E-state index contributed by atoms with van der Waals surface area (Å²) in [5, 5.41) is 35.2. The molecule has 5 aromatic rings. The Morgan fingerprint density at radius 1 is 0.513 bits per heavy atom. The van der Waals surface area contributed by atoms with Crippen molar-refractivity contribution in [3.8, 4) is 0 Å². The van der Waals surface area contributed by atoms with Crippen LogP contribution < -0.4 is 94.4 Å². The molecule has 5 aromatic carbocycles. The Kier molecular flexibility index (Phi) is 107. The molecule has 0 unspecified atom stereocenters. The average Bonchev–Trinajstić information content (AvgIpc) is 3.27. The normalized spacial score (nSPS) is 8.26. The standard InChI is InChI=1S/2C8H10.C7H7ClO2S.C7H7Cl.C7H8O3S.4CH3NO2.CH5N.2CH4.Cl2OS.HI.3Na.O3S.H2/c2*1-2-8-6-4-3-5-7-8;8-11(9,10)6-7-4-2-1-3-5-7;8-6-7-4-2-1-3-5-7;8-11(9,10)6-7-4-2-1-3-5-7;4*1-2(3)4;1-2;;;1-4(2)3;;;;;1-4(2)3;/h2*3-7H,2H2,1H3;1-5H,6H2;1-5H,6H2;1-5H,6H2,(H,8,9,10);4*1H3;2H2,1H3;2*1H4;;1H;;;;;1H/q;;;;;;;;;;;;;;3*+1;-2;/p-1. The van der Waals surface area contributed by atoms with Gasteiger partial charge in [0.05, 0.1) is 21.6 Å². The maximum Gasteiger partial charge on any atom is 1.00 e. The summed E-state index contributed by atoms with van der Waals surface area (Å²) in [6, 6.07) is 48.1. The summed E-state index contributed by atoms with van der Waals surface area (Å²) in [6.45, 7) is 4.32. The van der Waals surface area contributed by atoms with Crippen molar-refractivity contribution in [3.05, 3.63) is 220 Å². The van der Waals surface area contributed by atoms with E-state index in [0.717, 1.165) is 41.0 Å². The number of hydrogen-bond donors (Lipinski definition) is 1. The molecule has 0 amide bonds. The molecule has 0 spiro atoms. The van der Waals surface area contributed by atoms with Crippen molar-refractivity contribution in [1.82, 2.24) is 0 Å². The first-order valence-corrected chi connectivity index (χ1v) is 27.8. The first-order valence-electron chi connectivity index (χ1n) is 19.4. The van der Waals surface area contributed by atoms with Gasteiger partial charge in [0.25, 0.3) is 0 Å². The number of benzene rings is 5. The molecule has 0 aliphatic carbocycles. The number of aryl methyl sites for hydroxylation is 2. The average molecular weight is 1410 g/mol. The summed E-state index contributed by atoms with van der Waals surface area (Å²) in [7, 11) is 6.81. The van der Waals surface area contributed by atoms with Gasteiger partial charge in [-0.1, -0.05) is 180 Å². The zero-order valence-corrected chi connectivity index (χ0v) is 57.9. The zero-order chi connectivity index (χ0) is 57.6. The van der Waals surface area contributed by atoms with Gasteiger partial charge >= 0.3 is 88.7 Å². The van der Waals surface area contributed by atoms with E-state index < -0.39 is 64.8 Å². The predicted molar refractivity (Wildman–Crippen MR) is 315 cm³/mol. The van der Waals surface area contributed by atoms with Gasteiger partial charge in [0.2, 0.25) is 18.3 Å². The van der Waals surface area contributed by atoms with Crippen LogP contribution in [0.25, 0.3) is 0 Å². The third-order valence-electron chi connectivity index (χ3n) is 5.87. The Morgan fingerprint density at radius 2 is 0.667 bits per heavy atom. The molecule has 0 heterocycles. The minimum Gasteiger partial charge on any atom is -0.917 e. The number of alkyl halides is 1. The summed E-state index contributed by atoms with van der Waals surface area (Å²) >= 11 is 5.53. The van der Waals surface area contributed by atoms with Crippen molar-refractivity contribution >= 4 is 107 Å². The molecule has 34 heteroatoms. The van der Waals surface area contributed by atoms with Crippen molar-refractivity contribution in [2.45, 2.75) is 58.9 Å². The second-order valence-electron chi connectivity index (χ2n) is 11.8. The summed E-state index contributed by atoms with van der Waals surface area (Å²) < 4.78 is 86.3. The molecule has 0 fully saturated rings. The van der Waals surface area contributed by atoms with Crippen LogP contribution in [0.2, 0.25) is 0 Å². The molecule has 78 heavy (non-hydrogen) atoms. The van der Waals surface area contributed by atoms with Crippen molar-refractivity contribution in [2.24, 2.45) is 5.73 Å². The van der Waals surface area contributed by atoms with Crippen LogP contribution in [0.15, 0.2) is 152 Å². The van der Waals surface area contributed by atoms with Crippen LogP contribution in [0.1, 0.15) is 57.9 Å². The van der Waals surface area contributed by atoms with Gasteiger partial charge in [-0.15, -0.1) is 35.6 Å². The van der Waals surface area contributed by atoms with Crippen LogP contribution in [0.4, 0.5) is 0 Å². The maximum absolute atomic E-state index is 10.6. The maximum atomic E-state index is 10.6. The van der Waals surface area contributed by atoms with E-state index in [2.05, 4.69) is 89.5 Å². The molecule has 22 nitrogen and oxygen atoms in total. The molecule has 0 aliphatic heterocycles. The Hall–Kier alpha value is -1.53. The van der Waals surface area contributed by atoms with Gasteiger partial charge in [-0.3, -0.25) is 40.5 Å². The number of nitro groups is 4. The first kappa shape index (κ1) is 108. The second kappa shape index (κ2) is 77.5. The van der Waals surface area contributed by atoms with Gasteiger partial charge in [0, 0.05) is 59.0 Å². The molecular weight excluding hydrogens is 1340 g/mol. The first-order chi connectivity index (χ1) is 33.3. The molecule has 0 aromatic heterocycles. The minimum atomic E-state index is -4.13. The number of nitrogens with two attached hydrogens (primary N) is 1. The second-order valence-corrected chi connectivity index (χ2v) is 19.2. The SMILES string of the molecule is C.C.CCc1ccccc1.CCc1ccccc1.CN.C[N+](=O)[O-].C[N+](=O)[O-].C[N+](=O)[O-].C[N+](=O)[O-].ClCc1ccccc1.I.O=S(=O)(Cl)Cc1ccccc1.O=S(=O)([O-])Cc1ccccc1.O=S(Cl)Cl.O=[S-](=O)[O-].[HH].[Na+].[Na+].[Na+]. The van der Waals surface area contributed by atoms with Crippen molar-refractivity contribution in [3.63, 3.8) is 0 Å². The van der Waals surface area contributed by atoms with Crippen LogP contribution in [-0.4, -0.2) is 85.1 Å². The number of nitrogens with zero attached hydrogens (tertiary/aromatic N) is 4. The number of hydrogen-bond acceptors (Lipinski definition) is 19. The van der Waals surface area contributed by atoms with E-state index in [0.29, 0.717) is 17.0 Å². The van der Waals surface area contributed by atoms with E-state index in [1.807, 2.05) is 48.5 Å². The third-order valence-corrected chi connectivity index (χ3v) is 7.87. The molecule has 434 valence electrons. The van der Waals surface area contributed by atoms with Gasteiger partial charge in [-0.25, -0.2) is 21.0 Å². The molecule has 5 rings (SSSR count). The smallest absolute Gasteiger partial charge is 0.917 e. The predicted octanol–water partition coefficient (Wildman–Crippen LogP) is 2.17. The van der Waals surface area contributed by atoms with E-state index in [1.54, 1.807) is 54.6 Å². The fourth-order valence-corrected chi connectivity index (χ4v) is 5.29. The molecule has 0 atom stereocenters. The van der Waals surface area contributed by atoms with E-state index in [-0.39, 0.29) is 135 Å². The van der Waals surface area contributed by atoms with E-state index in [4.69, 9.17) is 79.9 Å². The summed E-state index contributed by atoms with van der Waals surface area (Å²) in [4.78, 5) is 33.2. The Morgan fingerprint density at radius 3 is 0.782 bits per heavy atom. The molecule has 2 N–H and O–H groups in total. The molecule has 0 bridgehead atoms. The largest absolute Gasteiger partial charge is 1.00 e. The van der Waals surface area contributed by atoms with E-state index >= 15 is 0 Å². The van der Waals surface area contributed by atoms with E-state index in [1.165, 1.54) is 23.7 Å². The summed E-state index contributed by atoms with van der Waals surface area (Å²) in [6.07, 6.45) is 2.28. The van der Waals surface area contributed by atoms with Crippen molar-refractivity contribution in [1.29, 1.82) is 0 Å². The van der Waals surface area contributed by atoms with Gasteiger partial charge in [0.1, 0.15) is 0 Å². The topological polar surface area (TPSA) is 364 Å².